The van der Waals surface area contributed by atoms with Crippen LogP contribution in [0.3, 0.4) is 0 Å². The predicted molar refractivity (Wildman–Crippen MR) is 124 cm³/mol. The molecule has 2 aromatic carbocycles. The Morgan fingerprint density at radius 2 is 1.81 bits per heavy atom. The Kier molecular flexibility index (Phi) is 5.23. The van der Waals surface area contributed by atoms with E-state index in [0.29, 0.717) is 23.7 Å². The highest BCUT2D eigenvalue weighted by atomic mass is 35.5. The second kappa shape index (κ2) is 8.20. The van der Waals surface area contributed by atoms with Gasteiger partial charge in [0.05, 0.1) is 30.6 Å². The molecule has 0 saturated carbocycles. The molecule has 0 aliphatic carbocycles. The molecule has 1 atom stereocenters. The fraction of sp³-hybridized carbons (Fsp3) is 0.200. The topological polar surface area (TPSA) is 63.3 Å². The van der Waals surface area contributed by atoms with Crippen molar-refractivity contribution in [3.05, 3.63) is 106 Å². The second-order valence-corrected chi connectivity index (χ2v) is 8.35. The molecule has 0 bridgehead atoms. The third-order valence-electron chi connectivity index (χ3n) is 5.92. The number of halogens is 1. The maximum Gasteiger partial charge on any atom is 0.258 e. The molecule has 1 aliphatic heterocycles. The van der Waals surface area contributed by atoms with Crippen molar-refractivity contribution >= 4 is 23.2 Å². The average molecular weight is 447 g/mol. The second-order valence-electron chi connectivity index (χ2n) is 7.94. The van der Waals surface area contributed by atoms with Crippen LogP contribution in [0.2, 0.25) is 5.02 Å². The van der Waals surface area contributed by atoms with Gasteiger partial charge in [0.1, 0.15) is 11.9 Å². The molecular weight excluding hydrogens is 424 g/mol. The number of fused-ring (bicyclic) bond motifs is 1. The number of nitrogens with one attached hydrogen (secondary N) is 1. The summed E-state index contributed by atoms with van der Waals surface area (Å²) in [5.74, 6) is 0.682. The van der Waals surface area contributed by atoms with Gasteiger partial charge in [0.15, 0.2) is 0 Å². The van der Waals surface area contributed by atoms with Crippen molar-refractivity contribution in [1.82, 2.24) is 14.7 Å². The highest BCUT2D eigenvalue weighted by Gasteiger charge is 2.36. The highest BCUT2D eigenvalue weighted by molar-refractivity contribution is 6.31. The van der Waals surface area contributed by atoms with Gasteiger partial charge < -0.3 is 14.6 Å². The number of para-hydroxylation sites is 1. The molecule has 4 aromatic rings. The lowest BCUT2D eigenvalue weighted by Gasteiger charge is -2.37. The van der Waals surface area contributed by atoms with Crippen molar-refractivity contribution in [2.24, 2.45) is 0 Å². The SMILES string of the molecule is Cc1nn(Cc2ccccc2Cl)c(C)c1[C@@H]1Nc2ccccc2C(=O)N1Cc1ccco1. The molecule has 0 saturated heterocycles. The smallest absolute Gasteiger partial charge is 0.258 e. The maximum atomic E-state index is 13.5. The van der Waals surface area contributed by atoms with Gasteiger partial charge in [-0.1, -0.05) is 41.9 Å². The molecule has 6 nitrogen and oxygen atoms in total. The summed E-state index contributed by atoms with van der Waals surface area (Å²) >= 11 is 6.38. The molecule has 0 radical (unpaired) electrons. The van der Waals surface area contributed by atoms with Crippen molar-refractivity contribution in [2.75, 3.05) is 5.32 Å². The molecule has 7 heteroatoms. The third kappa shape index (κ3) is 3.56. The number of rotatable bonds is 5. The van der Waals surface area contributed by atoms with Crippen LogP contribution in [0.25, 0.3) is 0 Å². The Morgan fingerprint density at radius 3 is 2.59 bits per heavy atom. The molecule has 32 heavy (non-hydrogen) atoms. The molecule has 162 valence electrons. The monoisotopic (exact) mass is 446 g/mol. The molecule has 0 unspecified atom stereocenters. The largest absolute Gasteiger partial charge is 0.467 e. The normalized spacial score (nSPS) is 15.5. The number of benzene rings is 2. The van der Waals surface area contributed by atoms with Crippen LogP contribution >= 0.6 is 11.6 Å². The van der Waals surface area contributed by atoms with Crippen LogP contribution < -0.4 is 5.32 Å². The quantitative estimate of drug-likeness (QED) is 0.436. The van der Waals surface area contributed by atoms with Gasteiger partial charge in [0.2, 0.25) is 0 Å². The van der Waals surface area contributed by atoms with Crippen molar-refractivity contribution in [1.29, 1.82) is 0 Å². The van der Waals surface area contributed by atoms with Gasteiger partial charge in [-0.15, -0.1) is 0 Å². The number of hydrogen-bond donors (Lipinski definition) is 1. The summed E-state index contributed by atoms with van der Waals surface area (Å²) < 4.78 is 7.51. The van der Waals surface area contributed by atoms with Crippen LogP contribution in [0.4, 0.5) is 5.69 Å². The first-order chi connectivity index (χ1) is 15.5. The van der Waals surface area contributed by atoms with Gasteiger partial charge >= 0.3 is 0 Å². The summed E-state index contributed by atoms with van der Waals surface area (Å²) in [5.41, 5.74) is 5.29. The summed E-state index contributed by atoms with van der Waals surface area (Å²) in [7, 11) is 0. The molecule has 1 aliphatic rings. The predicted octanol–water partition coefficient (Wildman–Crippen LogP) is 5.56. The summed E-state index contributed by atoms with van der Waals surface area (Å²) in [4.78, 5) is 15.3. The zero-order chi connectivity index (χ0) is 22.2. The van der Waals surface area contributed by atoms with Gasteiger partial charge in [-0.3, -0.25) is 9.48 Å². The number of aromatic nitrogens is 2. The number of furan rings is 1. The Labute approximate surface area is 191 Å². The fourth-order valence-corrected chi connectivity index (χ4v) is 4.50. The first-order valence-electron chi connectivity index (χ1n) is 10.5. The lowest BCUT2D eigenvalue weighted by Crippen LogP contribution is -2.42. The van der Waals surface area contributed by atoms with Crippen molar-refractivity contribution in [2.45, 2.75) is 33.1 Å². The van der Waals surface area contributed by atoms with Gasteiger partial charge in [-0.05, 0) is 49.7 Å². The molecule has 0 fully saturated rings. The molecule has 1 N–H and O–H groups in total. The van der Waals surface area contributed by atoms with E-state index in [-0.39, 0.29) is 12.1 Å². The lowest BCUT2D eigenvalue weighted by molar-refractivity contribution is 0.0650. The van der Waals surface area contributed by atoms with Gasteiger partial charge in [0.25, 0.3) is 5.91 Å². The van der Waals surface area contributed by atoms with Crippen LogP contribution in [-0.4, -0.2) is 20.6 Å². The van der Waals surface area contributed by atoms with E-state index < -0.39 is 0 Å². The third-order valence-corrected chi connectivity index (χ3v) is 6.29. The van der Waals surface area contributed by atoms with Crippen LogP contribution in [0, 0.1) is 13.8 Å². The molecule has 2 aromatic heterocycles. The Balaban J connectivity index is 1.56. The summed E-state index contributed by atoms with van der Waals surface area (Å²) in [6.45, 7) is 4.92. The van der Waals surface area contributed by atoms with Crippen molar-refractivity contribution in [3.8, 4) is 0 Å². The zero-order valence-electron chi connectivity index (χ0n) is 17.9. The van der Waals surface area contributed by atoms with Crippen LogP contribution in [-0.2, 0) is 13.1 Å². The van der Waals surface area contributed by atoms with Gasteiger partial charge in [-0.25, -0.2) is 0 Å². The Bertz CT molecular complexity index is 1280. The number of nitrogens with zero attached hydrogens (tertiary/aromatic N) is 3. The minimum atomic E-state index is -0.373. The van der Waals surface area contributed by atoms with Gasteiger partial charge in [0, 0.05) is 22.0 Å². The van der Waals surface area contributed by atoms with Crippen LogP contribution in [0.5, 0.6) is 0 Å². The van der Waals surface area contributed by atoms with Crippen molar-refractivity contribution < 1.29 is 9.21 Å². The number of hydrogen-bond acceptors (Lipinski definition) is 4. The van der Waals surface area contributed by atoms with Crippen molar-refractivity contribution in [3.63, 3.8) is 0 Å². The van der Waals surface area contributed by atoms with E-state index in [0.717, 1.165) is 34.0 Å². The Morgan fingerprint density at radius 1 is 1.03 bits per heavy atom. The number of carbonyl (C=O) groups excluding carboxylic acids is 1. The number of carbonyl (C=O) groups is 1. The average Bonchev–Trinajstić information content (AvgIpc) is 3.40. The summed E-state index contributed by atoms with van der Waals surface area (Å²) in [6, 6.07) is 19.1. The first-order valence-corrected chi connectivity index (χ1v) is 10.9. The molecule has 0 spiro atoms. The van der Waals surface area contributed by atoms with E-state index in [1.807, 2.05) is 79.2 Å². The lowest BCUT2D eigenvalue weighted by atomic mass is 10.0. The minimum absolute atomic E-state index is 0.0431. The summed E-state index contributed by atoms with van der Waals surface area (Å²) in [6.07, 6.45) is 1.25. The first kappa shape index (κ1) is 20.4. The number of anilines is 1. The van der Waals surface area contributed by atoms with E-state index >= 15 is 0 Å². The number of aryl methyl sites for hydroxylation is 1. The van der Waals surface area contributed by atoms with E-state index in [2.05, 4.69) is 5.32 Å². The van der Waals surface area contributed by atoms with Crippen LogP contribution in [0.1, 0.15) is 44.8 Å². The molecule has 5 rings (SSSR count). The standard InChI is InChI=1S/C25H23ClN4O2/c1-16-23(17(2)30(28-16)14-18-8-3-5-11-21(18)26)24-27-22-12-6-4-10-20(22)25(31)29(24)15-19-9-7-13-32-19/h3-13,24,27H,14-15H2,1-2H3/t24-/m1/s1. The zero-order valence-corrected chi connectivity index (χ0v) is 18.6. The van der Waals surface area contributed by atoms with Crippen LogP contribution in [0.15, 0.2) is 71.3 Å². The van der Waals surface area contributed by atoms with Gasteiger partial charge in [-0.2, -0.15) is 5.10 Å². The molecule has 1 amide bonds. The highest BCUT2D eigenvalue weighted by Crippen LogP contribution is 2.37. The van der Waals surface area contributed by atoms with E-state index in [4.69, 9.17) is 21.1 Å². The van der Waals surface area contributed by atoms with E-state index in [9.17, 15) is 4.79 Å². The minimum Gasteiger partial charge on any atom is -0.467 e. The molecule has 3 heterocycles. The summed E-state index contributed by atoms with van der Waals surface area (Å²) in [5, 5.41) is 9.06. The Hall–Kier alpha value is -3.51. The molecular formula is C25H23ClN4O2. The van der Waals surface area contributed by atoms with E-state index in [1.165, 1.54) is 0 Å². The number of amides is 1. The maximum absolute atomic E-state index is 13.5. The fourth-order valence-electron chi connectivity index (χ4n) is 4.30. The van der Waals surface area contributed by atoms with E-state index in [1.54, 1.807) is 11.2 Å².